The number of carbonyl (C=O) groups excluding carboxylic acids is 1. The molecule has 5 nitrogen and oxygen atoms in total. The summed E-state index contributed by atoms with van der Waals surface area (Å²) in [7, 11) is 0. The number of amides is 2. The highest BCUT2D eigenvalue weighted by molar-refractivity contribution is 5.82. The summed E-state index contributed by atoms with van der Waals surface area (Å²) < 4.78 is 0. The van der Waals surface area contributed by atoms with Crippen molar-refractivity contribution in [2.24, 2.45) is 5.41 Å². The van der Waals surface area contributed by atoms with Crippen LogP contribution in [0.3, 0.4) is 0 Å². The molecule has 1 atom stereocenters. The van der Waals surface area contributed by atoms with Gasteiger partial charge in [0.05, 0.1) is 0 Å². The molecule has 0 aromatic heterocycles. The van der Waals surface area contributed by atoms with Gasteiger partial charge in [-0.2, -0.15) is 0 Å². The summed E-state index contributed by atoms with van der Waals surface area (Å²) in [5, 5.41) is 11.6. The van der Waals surface area contributed by atoms with Crippen molar-refractivity contribution in [3.8, 4) is 0 Å². The van der Waals surface area contributed by atoms with Gasteiger partial charge in [-0.05, 0) is 31.1 Å². The lowest BCUT2D eigenvalue weighted by Crippen LogP contribution is -2.47. The molecule has 0 radical (unpaired) electrons. The molecule has 1 aliphatic rings. The van der Waals surface area contributed by atoms with Gasteiger partial charge >= 0.3 is 12.0 Å². The third-order valence-corrected chi connectivity index (χ3v) is 4.22. The number of nitrogens with zero attached hydrogens (tertiary/aromatic N) is 1. The van der Waals surface area contributed by atoms with Gasteiger partial charge in [0.2, 0.25) is 0 Å². The fourth-order valence-corrected chi connectivity index (χ4v) is 2.56. The van der Waals surface area contributed by atoms with E-state index in [-0.39, 0.29) is 17.9 Å². The number of nitrogens with one attached hydrogen (secondary N) is 1. The first-order valence-corrected chi connectivity index (χ1v) is 6.87. The van der Waals surface area contributed by atoms with Gasteiger partial charge in [-0.1, -0.05) is 19.9 Å². The summed E-state index contributed by atoms with van der Waals surface area (Å²) in [6.07, 6.45) is 4.82. The Labute approximate surface area is 114 Å². The van der Waals surface area contributed by atoms with Gasteiger partial charge < -0.3 is 15.3 Å². The number of likely N-dealkylation sites (tertiary alicyclic amines) is 1. The quantitative estimate of drug-likeness (QED) is 0.726. The van der Waals surface area contributed by atoms with Gasteiger partial charge in [0.25, 0.3) is 0 Å². The SMILES string of the molecule is C=CCC(NC(=O)N1CCC(CC)(CC)C1)C(=O)O. The molecule has 0 spiro atoms. The average molecular weight is 268 g/mol. The van der Waals surface area contributed by atoms with E-state index >= 15 is 0 Å². The van der Waals surface area contributed by atoms with E-state index < -0.39 is 12.0 Å². The Morgan fingerprint density at radius 1 is 1.47 bits per heavy atom. The van der Waals surface area contributed by atoms with Crippen LogP contribution in [0.1, 0.15) is 39.5 Å². The Hall–Kier alpha value is -1.52. The van der Waals surface area contributed by atoms with E-state index in [4.69, 9.17) is 5.11 Å². The van der Waals surface area contributed by atoms with Crippen molar-refractivity contribution in [2.75, 3.05) is 13.1 Å². The summed E-state index contributed by atoms with van der Waals surface area (Å²) in [5.74, 6) is -1.02. The smallest absolute Gasteiger partial charge is 0.326 e. The van der Waals surface area contributed by atoms with Crippen molar-refractivity contribution in [2.45, 2.75) is 45.6 Å². The number of hydrogen-bond donors (Lipinski definition) is 2. The first-order chi connectivity index (χ1) is 8.98. The molecule has 1 fully saturated rings. The van der Waals surface area contributed by atoms with Gasteiger partial charge in [-0.25, -0.2) is 9.59 Å². The first-order valence-electron chi connectivity index (χ1n) is 6.87. The number of carboxylic acid groups (broad SMARTS) is 1. The fourth-order valence-electron chi connectivity index (χ4n) is 2.56. The van der Waals surface area contributed by atoms with E-state index in [1.54, 1.807) is 4.90 Å². The number of aliphatic carboxylic acids is 1. The van der Waals surface area contributed by atoms with Crippen LogP contribution in [-0.2, 0) is 4.79 Å². The van der Waals surface area contributed by atoms with E-state index in [9.17, 15) is 9.59 Å². The topological polar surface area (TPSA) is 69.6 Å². The average Bonchev–Trinajstić information content (AvgIpc) is 2.83. The molecule has 0 aliphatic carbocycles. The number of carboxylic acids is 1. The first kappa shape index (κ1) is 15.5. The molecule has 1 rings (SSSR count). The molecule has 2 N–H and O–H groups in total. The third kappa shape index (κ3) is 3.72. The van der Waals surface area contributed by atoms with E-state index in [1.165, 1.54) is 6.08 Å². The third-order valence-electron chi connectivity index (χ3n) is 4.22. The summed E-state index contributed by atoms with van der Waals surface area (Å²) in [6.45, 7) is 9.21. The monoisotopic (exact) mass is 268 g/mol. The lowest BCUT2D eigenvalue weighted by atomic mass is 9.82. The van der Waals surface area contributed by atoms with Crippen molar-refractivity contribution < 1.29 is 14.7 Å². The zero-order valence-electron chi connectivity index (χ0n) is 11.8. The Kier molecular flexibility index (Phi) is 5.39. The molecule has 0 aromatic carbocycles. The molecule has 1 aliphatic heterocycles. The molecule has 108 valence electrons. The maximum absolute atomic E-state index is 12.1. The van der Waals surface area contributed by atoms with E-state index in [1.807, 2.05) is 0 Å². The van der Waals surface area contributed by atoms with Crippen molar-refractivity contribution in [1.82, 2.24) is 10.2 Å². The van der Waals surface area contributed by atoms with Crippen LogP contribution in [0.25, 0.3) is 0 Å². The number of carbonyl (C=O) groups is 2. The minimum atomic E-state index is -1.02. The van der Waals surface area contributed by atoms with Gasteiger partial charge in [0.1, 0.15) is 6.04 Å². The highest BCUT2D eigenvalue weighted by atomic mass is 16.4. The molecule has 1 heterocycles. The number of rotatable bonds is 6. The maximum Gasteiger partial charge on any atom is 0.326 e. The molecule has 1 saturated heterocycles. The summed E-state index contributed by atoms with van der Waals surface area (Å²) >= 11 is 0. The largest absolute Gasteiger partial charge is 0.480 e. The van der Waals surface area contributed by atoms with Crippen LogP contribution in [-0.4, -0.2) is 41.1 Å². The lowest BCUT2D eigenvalue weighted by molar-refractivity contribution is -0.139. The van der Waals surface area contributed by atoms with Gasteiger partial charge in [0.15, 0.2) is 0 Å². The molecular formula is C14H24N2O3. The zero-order chi connectivity index (χ0) is 14.5. The number of hydrogen-bond acceptors (Lipinski definition) is 2. The van der Waals surface area contributed by atoms with Crippen LogP contribution in [0.15, 0.2) is 12.7 Å². The van der Waals surface area contributed by atoms with Crippen molar-refractivity contribution in [1.29, 1.82) is 0 Å². The molecular weight excluding hydrogens is 244 g/mol. The summed E-state index contributed by atoms with van der Waals surface area (Å²) in [4.78, 5) is 24.8. The Balaban J connectivity index is 2.60. The molecule has 0 saturated carbocycles. The van der Waals surface area contributed by atoms with Gasteiger partial charge in [0, 0.05) is 13.1 Å². The standard InChI is InChI=1S/C14H24N2O3/c1-4-7-11(12(17)18)15-13(19)16-9-8-14(5-2,6-3)10-16/h4,11H,1,5-10H2,2-3H3,(H,15,19)(H,17,18). The fraction of sp³-hybridized carbons (Fsp3) is 0.714. The molecule has 19 heavy (non-hydrogen) atoms. The van der Waals surface area contributed by atoms with Crippen molar-refractivity contribution in [3.05, 3.63) is 12.7 Å². The highest BCUT2D eigenvalue weighted by Crippen LogP contribution is 2.36. The molecule has 0 aromatic rings. The Morgan fingerprint density at radius 2 is 2.11 bits per heavy atom. The minimum absolute atomic E-state index is 0.203. The molecule has 0 bridgehead atoms. The van der Waals surface area contributed by atoms with Crippen molar-refractivity contribution in [3.63, 3.8) is 0 Å². The molecule has 2 amide bonds. The Morgan fingerprint density at radius 3 is 2.53 bits per heavy atom. The van der Waals surface area contributed by atoms with Crippen LogP contribution in [0.4, 0.5) is 4.79 Å². The second-order valence-corrected chi connectivity index (χ2v) is 5.24. The van der Waals surface area contributed by atoms with Crippen LogP contribution in [0.5, 0.6) is 0 Å². The summed E-state index contributed by atoms with van der Waals surface area (Å²) in [6, 6.07) is -1.17. The second-order valence-electron chi connectivity index (χ2n) is 5.24. The molecule has 1 unspecified atom stereocenters. The minimum Gasteiger partial charge on any atom is -0.480 e. The predicted molar refractivity (Wildman–Crippen MR) is 74.0 cm³/mol. The van der Waals surface area contributed by atoms with Crippen LogP contribution >= 0.6 is 0 Å². The number of urea groups is 1. The zero-order valence-corrected chi connectivity index (χ0v) is 11.8. The van der Waals surface area contributed by atoms with Crippen molar-refractivity contribution >= 4 is 12.0 Å². The highest BCUT2D eigenvalue weighted by Gasteiger charge is 2.37. The van der Waals surface area contributed by atoms with E-state index in [0.717, 1.165) is 19.3 Å². The van der Waals surface area contributed by atoms with Crippen LogP contribution in [0, 0.1) is 5.41 Å². The van der Waals surface area contributed by atoms with Gasteiger partial charge in [-0.15, -0.1) is 6.58 Å². The predicted octanol–water partition coefficient (Wildman–Crippen LogP) is 2.24. The second kappa shape index (κ2) is 6.59. The van der Waals surface area contributed by atoms with E-state index in [2.05, 4.69) is 25.7 Å². The van der Waals surface area contributed by atoms with Gasteiger partial charge in [-0.3, -0.25) is 0 Å². The van der Waals surface area contributed by atoms with Crippen LogP contribution in [0.2, 0.25) is 0 Å². The normalized spacial score (nSPS) is 18.9. The Bertz CT molecular complexity index is 351. The lowest BCUT2D eigenvalue weighted by Gasteiger charge is -2.27. The maximum atomic E-state index is 12.1. The van der Waals surface area contributed by atoms with Crippen LogP contribution < -0.4 is 5.32 Å². The van der Waals surface area contributed by atoms with E-state index in [0.29, 0.717) is 13.1 Å². The molecule has 5 heteroatoms. The summed E-state index contributed by atoms with van der Waals surface area (Å²) in [5.41, 5.74) is 0.203.